The minimum Gasteiger partial charge on any atom is -0.493 e. The molecule has 0 unspecified atom stereocenters. The van der Waals surface area contributed by atoms with E-state index >= 15 is 0 Å². The molecule has 2 aromatic heterocycles. The van der Waals surface area contributed by atoms with Crippen molar-refractivity contribution in [1.82, 2.24) is 25.1 Å². The van der Waals surface area contributed by atoms with Gasteiger partial charge in [-0.15, -0.1) is 0 Å². The van der Waals surface area contributed by atoms with Crippen molar-refractivity contribution < 1.29 is 9.53 Å². The Morgan fingerprint density at radius 1 is 1.07 bits per heavy atom. The molecule has 4 aromatic rings. The molecule has 4 rings (SSSR count). The van der Waals surface area contributed by atoms with Gasteiger partial charge in [0.1, 0.15) is 18.4 Å². The van der Waals surface area contributed by atoms with Gasteiger partial charge in [-0.2, -0.15) is 5.10 Å². The summed E-state index contributed by atoms with van der Waals surface area (Å²) in [6, 6.07) is 17.8. The second kappa shape index (κ2) is 8.97. The lowest BCUT2D eigenvalue weighted by atomic mass is 10.1. The van der Waals surface area contributed by atoms with Crippen LogP contribution < -0.4 is 10.1 Å². The second-order valence-corrected chi connectivity index (χ2v) is 6.53. The molecule has 2 heterocycles. The van der Waals surface area contributed by atoms with Gasteiger partial charge in [-0.25, -0.2) is 14.6 Å². The van der Waals surface area contributed by atoms with E-state index in [9.17, 15) is 4.79 Å². The van der Waals surface area contributed by atoms with Gasteiger partial charge in [0.15, 0.2) is 5.82 Å². The van der Waals surface area contributed by atoms with E-state index in [1.165, 1.54) is 6.33 Å². The predicted molar refractivity (Wildman–Crippen MR) is 110 cm³/mol. The van der Waals surface area contributed by atoms with E-state index < -0.39 is 0 Å². The van der Waals surface area contributed by atoms with Crippen LogP contribution in [0.25, 0.3) is 16.6 Å². The Labute approximate surface area is 168 Å². The maximum atomic E-state index is 12.2. The largest absolute Gasteiger partial charge is 0.493 e. The minimum atomic E-state index is -0.0279. The first-order valence-corrected chi connectivity index (χ1v) is 9.47. The summed E-state index contributed by atoms with van der Waals surface area (Å²) < 4.78 is 7.47. The summed E-state index contributed by atoms with van der Waals surface area (Å²) in [5.74, 6) is 1.47. The standard InChI is InChI=1S/C22H21N5O2/c28-21(25-14-18-8-4-12-24-22(18)27-16-23-15-26-27)11-5-13-29-20-10-3-7-17-6-1-2-9-19(17)20/h1-4,6-10,12,15-16H,5,11,13-14H2,(H,25,28). The molecular formula is C22H21N5O2. The molecular weight excluding hydrogens is 366 g/mol. The lowest BCUT2D eigenvalue weighted by Crippen LogP contribution is -2.24. The van der Waals surface area contributed by atoms with E-state index in [0.29, 0.717) is 31.8 Å². The van der Waals surface area contributed by atoms with Crippen LogP contribution in [0.5, 0.6) is 5.75 Å². The predicted octanol–water partition coefficient (Wildman–Crippen LogP) is 3.29. The van der Waals surface area contributed by atoms with Crippen LogP contribution in [-0.2, 0) is 11.3 Å². The molecule has 0 saturated heterocycles. The van der Waals surface area contributed by atoms with Gasteiger partial charge in [0.25, 0.3) is 0 Å². The van der Waals surface area contributed by atoms with Crippen LogP contribution in [0.4, 0.5) is 0 Å². The van der Waals surface area contributed by atoms with E-state index in [1.807, 2.05) is 42.5 Å². The van der Waals surface area contributed by atoms with Gasteiger partial charge in [0.2, 0.25) is 5.91 Å². The van der Waals surface area contributed by atoms with Crippen molar-refractivity contribution in [3.05, 3.63) is 79.0 Å². The molecule has 0 fully saturated rings. The lowest BCUT2D eigenvalue weighted by Gasteiger charge is -2.10. The fraction of sp³-hybridized carbons (Fsp3) is 0.182. The summed E-state index contributed by atoms with van der Waals surface area (Å²) in [4.78, 5) is 20.5. The molecule has 0 aliphatic carbocycles. The first-order valence-electron chi connectivity index (χ1n) is 9.47. The maximum absolute atomic E-state index is 12.2. The zero-order valence-corrected chi connectivity index (χ0v) is 15.9. The van der Waals surface area contributed by atoms with E-state index in [0.717, 1.165) is 22.1 Å². The van der Waals surface area contributed by atoms with Gasteiger partial charge < -0.3 is 10.1 Å². The first-order chi connectivity index (χ1) is 14.3. The third kappa shape index (κ3) is 4.57. The fourth-order valence-corrected chi connectivity index (χ4v) is 3.11. The van der Waals surface area contributed by atoms with E-state index in [1.54, 1.807) is 17.2 Å². The number of aromatic nitrogens is 4. The molecule has 0 saturated carbocycles. The Kier molecular flexibility index (Phi) is 5.76. The number of hydrogen-bond acceptors (Lipinski definition) is 5. The van der Waals surface area contributed by atoms with E-state index in [-0.39, 0.29) is 5.91 Å². The van der Waals surface area contributed by atoms with Crippen LogP contribution in [0.3, 0.4) is 0 Å². The molecule has 1 amide bonds. The number of rotatable bonds is 8. The number of nitrogens with one attached hydrogen (secondary N) is 1. The topological polar surface area (TPSA) is 81.9 Å². The molecule has 0 bridgehead atoms. The van der Waals surface area contributed by atoms with Gasteiger partial charge in [-0.05, 0) is 23.9 Å². The summed E-state index contributed by atoms with van der Waals surface area (Å²) in [6.07, 6.45) is 5.75. The molecule has 7 nitrogen and oxygen atoms in total. The number of amides is 1. The van der Waals surface area contributed by atoms with Crippen LogP contribution in [0, 0.1) is 0 Å². The van der Waals surface area contributed by atoms with Crippen molar-refractivity contribution >= 4 is 16.7 Å². The quantitative estimate of drug-likeness (QED) is 0.469. The number of hydrogen-bond donors (Lipinski definition) is 1. The maximum Gasteiger partial charge on any atom is 0.220 e. The van der Waals surface area contributed by atoms with Crippen molar-refractivity contribution in [1.29, 1.82) is 0 Å². The smallest absolute Gasteiger partial charge is 0.220 e. The number of ether oxygens (including phenoxy) is 1. The third-order valence-electron chi connectivity index (χ3n) is 4.53. The fourth-order valence-electron chi connectivity index (χ4n) is 3.11. The Balaban J connectivity index is 1.26. The van der Waals surface area contributed by atoms with Crippen LogP contribution in [0.2, 0.25) is 0 Å². The van der Waals surface area contributed by atoms with Crippen molar-refractivity contribution in [3.63, 3.8) is 0 Å². The molecule has 0 radical (unpaired) electrons. The average Bonchev–Trinajstić information content (AvgIpc) is 3.30. The average molecular weight is 387 g/mol. The number of pyridine rings is 1. The highest BCUT2D eigenvalue weighted by Crippen LogP contribution is 2.25. The van der Waals surface area contributed by atoms with Gasteiger partial charge in [0.05, 0.1) is 6.61 Å². The van der Waals surface area contributed by atoms with Crippen molar-refractivity contribution in [3.8, 4) is 11.6 Å². The third-order valence-corrected chi connectivity index (χ3v) is 4.53. The highest BCUT2D eigenvalue weighted by molar-refractivity contribution is 5.88. The Hall–Kier alpha value is -3.74. The van der Waals surface area contributed by atoms with Gasteiger partial charge in [-0.3, -0.25) is 4.79 Å². The summed E-state index contributed by atoms with van der Waals surface area (Å²) in [7, 11) is 0. The van der Waals surface area contributed by atoms with Crippen molar-refractivity contribution in [2.45, 2.75) is 19.4 Å². The Morgan fingerprint density at radius 2 is 1.97 bits per heavy atom. The van der Waals surface area contributed by atoms with Crippen molar-refractivity contribution in [2.24, 2.45) is 0 Å². The summed E-state index contributed by atoms with van der Waals surface area (Å²) in [6.45, 7) is 0.866. The first kappa shape index (κ1) is 18.6. The normalized spacial score (nSPS) is 10.8. The highest BCUT2D eigenvalue weighted by atomic mass is 16.5. The SMILES string of the molecule is O=C(CCCOc1cccc2ccccc12)NCc1cccnc1-n1cncn1. The molecule has 2 aromatic carbocycles. The molecule has 146 valence electrons. The van der Waals surface area contributed by atoms with Crippen LogP contribution in [0.1, 0.15) is 18.4 Å². The van der Waals surface area contributed by atoms with Crippen LogP contribution >= 0.6 is 0 Å². The highest BCUT2D eigenvalue weighted by Gasteiger charge is 2.08. The van der Waals surface area contributed by atoms with Crippen LogP contribution in [-0.4, -0.2) is 32.3 Å². The van der Waals surface area contributed by atoms with Crippen LogP contribution in [0.15, 0.2) is 73.4 Å². The number of benzene rings is 2. The number of nitrogens with zero attached hydrogens (tertiary/aromatic N) is 4. The molecule has 1 N–H and O–H groups in total. The summed E-state index contributed by atoms with van der Waals surface area (Å²) in [5, 5.41) is 9.25. The molecule has 29 heavy (non-hydrogen) atoms. The monoisotopic (exact) mass is 387 g/mol. The molecule has 7 heteroatoms. The Morgan fingerprint density at radius 3 is 2.86 bits per heavy atom. The summed E-state index contributed by atoms with van der Waals surface area (Å²) in [5.41, 5.74) is 0.873. The number of carbonyl (C=O) groups excluding carboxylic acids is 1. The van der Waals surface area contributed by atoms with Gasteiger partial charge in [-0.1, -0.05) is 42.5 Å². The van der Waals surface area contributed by atoms with E-state index in [4.69, 9.17) is 4.74 Å². The second-order valence-electron chi connectivity index (χ2n) is 6.53. The molecule has 0 atom stereocenters. The van der Waals surface area contributed by atoms with Gasteiger partial charge >= 0.3 is 0 Å². The van der Waals surface area contributed by atoms with Gasteiger partial charge in [0, 0.05) is 30.1 Å². The number of carbonyl (C=O) groups is 1. The molecule has 0 spiro atoms. The van der Waals surface area contributed by atoms with Crippen molar-refractivity contribution in [2.75, 3.05) is 6.61 Å². The zero-order valence-electron chi connectivity index (χ0n) is 15.9. The Bertz CT molecular complexity index is 1090. The zero-order chi connectivity index (χ0) is 19.9. The summed E-state index contributed by atoms with van der Waals surface area (Å²) >= 11 is 0. The lowest BCUT2D eigenvalue weighted by molar-refractivity contribution is -0.121. The molecule has 0 aliphatic heterocycles. The minimum absolute atomic E-state index is 0.0279. The number of fused-ring (bicyclic) bond motifs is 1. The van der Waals surface area contributed by atoms with E-state index in [2.05, 4.69) is 32.5 Å². The molecule has 0 aliphatic rings.